The largest absolute Gasteiger partial charge is 0.494 e. The van der Waals surface area contributed by atoms with Crippen molar-refractivity contribution in [3.8, 4) is 5.75 Å². The number of carbonyl (C=O) groups excluding carboxylic acids is 1. The van der Waals surface area contributed by atoms with E-state index in [9.17, 15) is 22.0 Å². The van der Waals surface area contributed by atoms with Gasteiger partial charge in [0.1, 0.15) is 22.3 Å². The van der Waals surface area contributed by atoms with E-state index in [0.29, 0.717) is 24.0 Å². The molecule has 0 aliphatic carbocycles. The fraction of sp³-hybridized carbons (Fsp3) is 0.381. The summed E-state index contributed by atoms with van der Waals surface area (Å²) in [4.78, 5) is 13.7. The van der Waals surface area contributed by atoms with E-state index in [2.05, 4.69) is 6.92 Å². The molecule has 0 atom stereocenters. The highest BCUT2D eigenvalue weighted by molar-refractivity contribution is 7.89. The number of halogens is 2. The van der Waals surface area contributed by atoms with Crippen molar-refractivity contribution in [1.82, 2.24) is 9.21 Å². The molecule has 6 nitrogen and oxygen atoms in total. The van der Waals surface area contributed by atoms with Gasteiger partial charge in [-0.3, -0.25) is 4.79 Å². The molecule has 9 heteroatoms. The van der Waals surface area contributed by atoms with Crippen LogP contribution < -0.4 is 4.74 Å². The molecule has 0 N–H and O–H groups in total. The van der Waals surface area contributed by atoms with Gasteiger partial charge in [-0.2, -0.15) is 4.31 Å². The first-order valence-electron chi connectivity index (χ1n) is 9.80. The second-order valence-corrected chi connectivity index (χ2v) is 8.90. The molecular formula is C21H24F2N2O4S. The molecule has 0 bridgehead atoms. The van der Waals surface area contributed by atoms with Gasteiger partial charge in [0, 0.05) is 37.8 Å². The lowest BCUT2D eigenvalue weighted by atomic mass is 10.2. The van der Waals surface area contributed by atoms with Crippen LogP contribution in [0.1, 0.15) is 30.1 Å². The number of carbonyl (C=O) groups is 1. The molecule has 1 fully saturated rings. The number of hydrogen-bond donors (Lipinski definition) is 0. The number of rotatable bonds is 7. The first-order valence-corrected chi connectivity index (χ1v) is 11.2. The van der Waals surface area contributed by atoms with Crippen LogP contribution in [-0.4, -0.2) is 56.3 Å². The van der Waals surface area contributed by atoms with Gasteiger partial charge in [-0.15, -0.1) is 0 Å². The Balaban J connectivity index is 1.61. The van der Waals surface area contributed by atoms with E-state index >= 15 is 0 Å². The van der Waals surface area contributed by atoms with E-state index in [0.717, 1.165) is 29.3 Å². The van der Waals surface area contributed by atoms with Crippen molar-refractivity contribution >= 4 is 15.9 Å². The van der Waals surface area contributed by atoms with Crippen LogP contribution in [0.25, 0.3) is 0 Å². The lowest BCUT2D eigenvalue weighted by Crippen LogP contribution is -2.50. The van der Waals surface area contributed by atoms with Gasteiger partial charge < -0.3 is 9.64 Å². The summed E-state index contributed by atoms with van der Waals surface area (Å²) in [6.07, 6.45) is 1.99. The van der Waals surface area contributed by atoms with E-state index in [1.807, 2.05) is 0 Å². The minimum absolute atomic E-state index is 0.0309. The fourth-order valence-corrected chi connectivity index (χ4v) is 4.63. The van der Waals surface area contributed by atoms with E-state index in [1.165, 1.54) is 0 Å². The Kier molecular flexibility index (Phi) is 7.04. The number of ether oxygens (including phenoxy) is 1. The predicted molar refractivity (Wildman–Crippen MR) is 108 cm³/mol. The molecule has 1 amide bonds. The van der Waals surface area contributed by atoms with Crippen molar-refractivity contribution in [3.63, 3.8) is 0 Å². The van der Waals surface area contributed by atoms with Crippen LogP contribution in [0, 0.1) is 11.6 Å². The summed E-state index contributed by atoms with van der Waals surface area (Å²) < 4.78 is 59.0. The number of nitrogens with zero attached hydrogens (tertiary/aromatic N) is 2. The standard InChI is InChI=1S/C21H24F2N2O4S/c1-2-3-14-29-18-7-4-16(5-8-18)21(26)24-10-12-25(13-11-24)30(27,28)20-9-6-17(22)15-19(20)23/h4-9,15H,2-3,10-14H2,1H3. The first-order chi connectivity index (χ1) is 14.3. The topological polar surface area (TPSA) is 66.9 Å². The molecule has 0 unspecified atom stereocenters. The number of benzene rings is 2. The number of unbranched alkanes of at least 4 members (excludes halogenated alkanes) is 1. The normalized spacial score (nSPS) is 15.2. The molecule has 1 saturated heterocycles. The molecule has 3 rings (SSSR count). The van der Waals surface area contributed by atoms with E-state index < -0.39 is 26.6 Å². The van der Waals surface area contributed by atoms with Crippen molar-refractivity contribution in [3.05, 3.63) is 59.7 Å². The molecule has 0 radical (unpaired) electrons. The Labute approximate surface area is 175 Å². The molecule has 162 valence electrons. The van der Waals surface area contributed by atoms with Crippen LogP contribution in [0.3, 0.4) is 0 Å². The quantitative estimate of drug-likeness (QED) is 0.623. The Bertz CT molecular complexity index is 989. The van der Waals surface area contributed by atoms with Crippen molar-refractivity contribution in [2.45, 2.75) is 24.7 Å². The summed E-state index contributed by atoms with van der Waals surface area (Å²) in [5.74, 6) is -1.49. The zero-order valence-corrected chi connectivity index (χ0v) is 17.5. The van der Waals surface area contributed by atoms with E-state index in [-0.39, 0.29) is 32.1 Å². The van der Waals surface area contributed by atoms with Gasteiger partial charge in [0.05, 0.1) is 6.61 Å². The lowest BCUT2D eigenvalue weighted by Gasteiger charge is -2.34. The summed E-state index contributed by atoms with van der Waals surface area (Å²) >= 11 is 0. The Hall–Kier alpha value is -2.52. The summed E-state index contributed by atoms with van der Waals surface area (Å²) in [6, 6.07) is 9.21. The second-order valence-electron chi connectivity index (χ2n) is 7.00. The highest BCUT2D eigenvalue weighted by Crippen LogP contribution is 2.22. The van der Waals surface area contributed by atoms with Crippen LogP contribution in [0.15, 0.2) is 47.4 Å². The van der Waals surface area contributed by atoms with Crippen molar-refractivity contribution < 1.29 is 26.7 Å². The van der Waals surface area contributed by atoms with Crippen molar-refractivity contribution in [2.24, 2.45) is 0 Å². The number of hydrogen-bond acceptors (Lipinski definition) is 4. The SMILES string of the molecule is CCCCOc1ccc(C(=O)N2CCN(S(=O)(=O)c3ccc(F)cc3F)CC2)cc1. The third-order valence-corrected chi connectivity index (χ3v) is 6.84. The second kappa shape index (κ2) is 9.53. The Morgan fingerprint density at radius 2 is 1.70 bits per heavy atom. The Morgan fingerprint density at radius 1 is 1.03 bits per heavy atom. The fourth-order valence-electron chi connectivity index (χ4n) is 3.17. The third-order valence-electron chi connectivity index (χ3n) is 4.91. The van der Waals surface area contributed by atoms with Gasteiger partial charge in [0.15, 0.2) is 0 Å². The van der Waals surface area contributed by atoms with Gasteiger partial charge in [-0.25, -0.2) is 17.2 Å². The maximum absolute atomic E-state index is 13.9. The van der Waals surface area contributed by atoms with E-state index in [4.69, 9.17) is 4.74 Å². The van der Waals surface area contributed by atoms with E-state index in [1.54, 1.807) is 29.2 Å². The van der Waals surface area contributed by atoms with Crippen molar-refractivity contribution in [2.75, 3.05) is 32.8 Å². The van der Waals surface area contributed by atoms with Gasteiger partial charge in [-0.05, 0) is 42.8 Å². The van der Waals surface area contributed by atoms with Gasteiger partial charge in [-0.1, -0.05) is 13.3 Å². The van der Waals surface area contributed by atoms with Gasteiger partial charge >= 0.3 is 0 Å². The number of amides is 1. The lowest BCUT2D eigenvalue weighted by molar-refractivity contribution is 0.0697. The highest BCUT2D eigenvalue weighted by atomic mass is 32.2. The van der Waals surface area contributed by atoms with Crippen LogP contribution >= 0.6 is 0 Å². The smallest absolute Gasteiger partial charge is 0.253 e. The van der Waals surface area contributed by atoms with Crippen LogP contribution in [-0.2, 0) is 10.0 Å². The van der Waals surface area contributed by atoms with Crippen molar-refractivity contribution in [1.29, 1.82) is 0 Å². The van der Waals surface area contributed by atoms with Crippen LogP contribution in [0.2, 0.25) is 0 Å². The summed E-state index contributed by atoms with van der Waals surface area (Å²) in [6.45, 7) is 3.11. The minimum Gasteiger partial charge on any atom is -0.494 e. The minimum atomic E-state index is -4.10. The monoisotopic (exact) mass is 438 g/mol. The first kappa shape index (κ1) is 22.2. The Morgan fingerprint density at radius 3 is 2.30 bits per heavy atom. The molecule has 2 aromatic carbocycles. The molecule has 0 saturated carbocycles. The highest BCUT2D eigenvalue weighted by Gasteiger charge is 2.32. The van der Waals surface area contributed by atoms with Crippen LogP contribution in [0.4, 0.5) is 8.78 Å². The summed E-state index contributed by atoms with van der Waals surface area (Å²) in [7, 11) is -4.10. The average Bonchev–Trinajstić information content (AvgIpc) is 2.74. The average molecular weight is 438 g/mol. The molecule has 1 aliphatic heterocycles. The zero-order valence-electron chi connectivity index (χ0n) is 16.7. The molecular weight excluding hydrogens is 414 g/mol. The van der Waals surface area contributed by atoms with Crippen LogP contribution in [0.5, 0.6) is 5.75 Å². The molecule has 30 heavy (non-hydrogen) atoms. The van der Waals surface area contributed by atoms with Gasteiger partial charge in [0.2, 0.25) is 10.0 Å². The van der Waals surface area contributed by atoms with Gasteiger partial charge in [0.25, 0.3) is 5.91 Å². The predicted octanol–water partition coefficient (Wildman–Crippen LogP) is 3.29. The summed E-state index contributed by atoms with van der Waals surface area (Å²) in [5, 5.41) is 0. The maximum atomic E-state index is 13.9. The number of piperazine rings is 1. The molecule has 0 spiro atoms. The third kappa shape index (κ3) is 4.96. The number of sulfonamides is 1. The maximum Gasteiger partial charge on any atom is 0.253 e. The molecule has 2 aromatic rings. The molecule has 1 aliphatic rings. The molecule has 1 heterocycles. The molecule has 0 aromatic heterocycles. The summed E-state index contributed by atoms with van der Waals surface area (Å²) in [5.41, 5.74) is 0.485. The zero-order chi connectivity index (χ0) is 21.7.